The third-order valence-corrected chi connectivity index (χ3v) is 3.78. The molecule has 1 saturated carbocycles. The Morgan fingerprint density at radius 1 is 1.39 bits per heavy atom. The summed E-state index contributed by atoms with van der Waals surface area (Å²) in [5.74, 6) is -0.0700. The summed E-state index contributed by atoms with van der Waals surface area (Å²) in [7, 11) is 0. The summed E-state index contributed by atoms with van der Waals surface area (Å²) in [6.07, 6.45) is 6.21. The zero-order chi connectivity index (χ0) is 12.5. The second-order valence-electron chi connectivity index (χ2n) is 4.63. The van der Waals surface area contributed by atoms with Crippen LogP contribution in [0.1, 0.15) is 29.8 Å². The first-order valence-corrected chi connectivity index (χ1v) is 6.53. The molecule has 0 bridgehead atoms. The maximum Gasteiger partial charge on any atom is 0.274 e. The number of hydrogen-bond donors (Lipinski definition) is 0. The van der Waals surface area contributed by atoms with E-state index in [-0.39, 0.29) is 18.1 Å². The van der Waals surface area contributed by atoms with Crippen molar-refractivity contribution in [1.29, 1.82) is 0 Å². The van der Waals surface area contributed by atoms with Crippen molar-refractivity contribution < 1.29 is 9.53 Å². The second-order valence-corrected chi connectivity index (χ2v) is 5.02. The molecule has 0 aromatic carbocycles. The molecule has 0 N–H and O–H groups in total. The van der Waals surface area contributed by atoms with Crippen molar-refractivity contribution in [2.45, 2.75) is 31.4 Å². The number of halogens is 1. The van der Waals surface area contributed by atoms with E-state index in [0.29, 0.717) is 24.0 Å². The van der Waals surface area contributed by atoms with Gasteiger partial charge in [-0.15, -0.1) is 0 Å². The quantitative estimate of drug-likeness (QED) is 0.774. The van der Waals surface area contributed by atoms with E-state index in [1.165, 1.54) is 12.4 Å². The molecule has 1 amide bonds. The summed E-state index contributed by atoms with van der Waals surface area (Å²) in [5, 5.41) is 0.298. The molecule has 1 saturated heterocycles. The topological polar surface area (TPSA) is 55.3 Å². The van der Waals surface area contributed by atoms with Gasteiger partial charge in [0.2, 0.25) is 0 Å². The largest absolute Gasteiger partial charge is 0.374 e. The van der Waals surface area contributed by atoms with Crippen LogP contribution in [0, 0.1) is 0 Å². The van der Waals surface area contributed by atoms with Crippen LogP contribution in [0.5, 0.6) is 0 Å². The van der Waals surface area contributed by atoms with Gasteiger partial charge in [-0.2, -0.15) is 0 Å². The fraction of sp³-hybridized carbons (Fsp3) is 0.583. The molecule has 5 nitrogen and oxygen atoms in total. The zero-order valence-corrected chi connectivity index (χ0v) is 10.6. The van der Waals surface area contributed by atoms with E-state index < -0.39 is 0 Å². The number of aromatic nitrogens is 2. The first kappa shape index (κ1) is 11.9. The Labute approximate surface area is 110 Å². The van der Waals surface area contributed by atoms with Crippen LogP contribution in [0.2, 0.25) is 5.15 Å². The van der Waals surface area contributed by atoms with E-state index in [4.69, 9.17) is 16.3 Å². The molecule has 1 aromatic rings. The van der Waals surface area contributed by atoms with Gasteiger partial charge in [-0.1, -0.05) is 11.6 Å². The minimum atomic E-state index is -0.0700. The molecule has 2 fully saturated rings. The van der Waals surface area contributed by atoms with Crippen LogP contribution >= 0.6 is 11.6 Å². The first-order valence-electron chi connectivity index (χ1n) is 6.16. The number of amides is 1. The molecule has 2 atom stereocenters. The molecule has 96 valence electrons. The molecule has 6 heteroatoms. The molecule has 2 aliphatic rings. The lowest BCUT2D eigenvalue weighted by Crippen LogP contribution is -2.51. The average molecular weight is 268 g/mol. The Morgan fingerprint density at radius 3 is 3.06 bits per heavy atom. The molecule has 1 aliphatic carbocycles. The number of morpholine rings is 1. The van der Waals surface area contributed by atoms with Gasteiger partial charge >= 0.3 is 0 Å². The van der Waals surface area contributed by atoms with Gasteiger partial charge in [0.05, 0.1) is 31.1 Å². The van der Waals surface area contributed by atoms with Crippen molar-refractivity contribution in [1.82, 2.24) is 14.9 Å². The lowest BCUT2D eigenvalue weighted by atomic mass is 10.1. The highest BCUT2D eigenvalue weighted by molar-refractivity contribution is 6.29. The Morgan fingerprint density at radius 2 is 2.28 bits per heavy atom. The summed E-state index contributed by atoms with van der Waals surface area (Å²) < 4.78 is 5.69. The van der Waals surface area contributed by atoms with Crippen LogP contribution in [0.15, 0.2) is 12.4 Å². The maximum atomic E-state index is 12.4. The normalized spacial score (nSPS) is 27.1. The standard InChI is InChI=1S/C12H14ClN3O2/c13-11-7-14-8(6-15-11)12(17)16-4-5-18-10-3-1-2-9(10)16/h6-7,9-10H,1-5H2. The third kappa shape index (κ3) is 2.08. The van der Waals surface area contributed by atoms with Crippen LogP contribution < -0.4 is 0 Å². The van der Waals surface area contributed by atoms with Crippen molar-refractivity contribution in [2.24, 2.45) is 0 Å². The van der Waals surface area contributed by atoms with Gasteiger partial charge < -0.3 is 9.64 Å². The number of ether oxygens (including phenoxy) is 1. The average Bonchev–Trinajstić information content (AvgIpc) is 2.87. The Bertz CT molecular complexity index is 451. The van der Waals surface area contributed by atoms with Crippen LogP contribution in [0.3, 0.4) is 0 Å². The Kier molecular flexibility index (Phi) is 3.18. The molecular formula is C12H14ClN3O2. The van der Waals surface area contributed by atoms with Crippen LogP contribution in [0.25, 0.3) is 0 Å². The van der Waals surface area contributed by atoms with Gasteiger partial charge in [-0.3, -0.25) is 4.79 Å². The molecular weight excluding hydrogens is 254 g/mol. The lowest BCUT2D eigenvalue weighted by Gasteiger charge is -2.37. The maximum absolute atomic E-state index is 12.4. The monoisotopic (exact) mass is 267 g/mol. The predicted octanol–water partition coefficient (Wildman–Crippen LogP) is 1.52. The van der Waals surface area contributed by atoms with Crippen molar-refractivity contribution in [3.63, 3.8) is 0 Å². The van der Waals surface area contributed by atoms with E-state index in [0.717, 1.165) is 19.3 Å². The predicted molar refractivity (Wildman–Crippen MR) is 65.5 cm³/mol. The summed E-state index contributed by atoms with van der Waals surface area (Å²) in [5.41, 5.74) is 0.354. The van der Waals surface area contributed by atoms with E-state index in [1.807, 2.05) is 4.90 Å². The second kappa shape index (κ2) is 4.82. The molecule has 0 radical (unpaired) electrons. The van der Waals surface area contributed by atoms with Crippen molar-refractivity contribution in [3.8, 4) is 0 Å². The summed E-state index contributed by atoms with van der Waals surface area (Å²) in [4.78, 5) is 22.2. The molecule has 2 heterocycles. The lowest BCUT2D eigenvalue weighted by molar-refractivity contribution is -0.0447. The minimum Gasteiger partial charge on any atom is -0.374 e. The SMILES string of the molecule is O=C(c1cnc(Cl)cn1)N1CCOC2CCCC21. The third-order valence-electron chi connectivity index (χ3n) is 3.58. The van der Waals surface area contributed by atoms with E-state index >= 15 is 0 Å². The number of carbonyl (C=O) groups excluding carboxylic acids is 1. The molecule has 0 spiro atoms. The van der Waals surface area contributed by atoms with Gasteiger partial charge in [-0.05, 0) is 19.3 Å². The molecule has 1 aromatic heterocycles. The molecule has 2 unspecified atom stereocenters. The first-order chi connectivity index (χ1) is 8.75. The fourth-order valence-corrected chi connectivity index (χ4v) is 2.85. The van der Waals surface area contributed by atoms with Crippen LogP contribution in [0.4, 0.5) is 0 Å². The van der Waals surface area contributed by atoms with Gasteiger partial charge in [0, 0.05) is 6.54 Å². The number of hydrogen-bond acceptors (Lipinski definition) is 4. The van der Waals surface area contributed by atoms with Gasteiger partial charge in [-0.25, -0.2) is 9.97 Å². The van der Waals surface area contributed by atoms with Crippen molar-refractivity contribution in [2.75, 3.05) is 13.2 Å². The number of rotatable bonds is 1. The Hall–Kier alpha value is -1.20. The zero-order valence-electron chi connectivity index (χ0n) is 9.88. The van der Waals surface area contributed by atoms with Gasteiger partial charge in [0.25, 0.3) is 5.91 Å². The molecule has 3 rings (SSSR count). The number of carbonyl (C=O) groups is 1. The highest BCUT2D eigenvalue weighted by Gasteiger charge is 2.38. The summed E-state index contributed by atoms with van der Waals surface area (Å²) in [6.45, 7) is 1.23. The van der Waals surface area contributed by atoms with E-state index in [2.05, 4.69) is 9.97 Å². The number of fused-ring (bicyclic) bond motifs is 1. The van der Waals surface area contributed by atoms with E-state index in [9.17, 15) is 4.79 Å². The molecule has 18 heavy (non-hydrogen) atoms. The van der Waals surface area contributed by atoms with E-state index in [1.54, 1.807) is 0 Å². The van der Waals surface area contributed by atoms with Crippen LogP contribution in [-0.2, 0) is 4.74 Å². The molecule has 1 aliphatic heterocycles. The fourth-order valence-electron chi connectivity index (χ4n) is 2.75. The highest BCUT2D eigenvalue weighted by Crippen LogP contribution is 2.30. The summed E-state index contributed by atoms with van der Waals surface area (Å²) in [6, 6.07) is 0.198. The van der Waals surface area contributed by atoms with Crippen molar-refractivity contribution >= 4 is 17.5 Å². The Balaban J connectivity index is 1.81. The smallest absolute Gasteiger partial charge is 0.274 e. The summed E-state index contributed by atoms with van der Waals surface area (Å²) >= 11 is 5.67. The van der Waals surface area contributed by atoms with Crippen LogP contribution in [-0.4, -0.2) is 46.1 Å². The van der Waals surface area contributed by atoms with Gasteiger partial charge in [0.15, 0.2) is 0 Å². The highest BCUT2D eigenvalue weighted by atomic mass is 35.5. The van der Waals surface area contributed by atoms with Gasteiger partial charge in [0.1, 0.15) is 10.8 Å². The number of nitrogens with zero attached hydrogens (tertiary/aromatic N) is 3. The van der Waals surface area contributed by atoms with Crippen molar-refractivity contribution in [3.05, 3.63) is 23.2 Å². The minimum absolute atomic E-state index is 0.0700.